The Morgan fingerprint density at radius 2 is 1.77 bits per heavy atom. The molecule has 2 aromatic carbocycles. The zero-order valence-electron chi connectivity index (χ0n) is 17.6. The smallest absolute Gasteiger partial charge is 0.271 e. The van der Waals surface area contributed by atoms with E-state index in [1.165, 1.54) is 6.07 Å². The van der Waals surface area contributed by atoms with E-state index in [0.717, 1.165) is 21.9 Å². The van der Waals surface area contributed by atoms with Gasteiger partial charge in [0.25, 0.3) is 11.8 Å². The first-order valence-electron chi connectivity index (χ1n) is 10.1. The number of hydrazine groups is 1. The maximum Gasteiger partial charge on any atom is 0.271 e. The van der Waals surface area contributed by atoms with Crippen molar-refractivity contribution >= 4 is 40.9 Å². The quantitative estimate of drug-likeness (QED) is 0.569. The normalized spacial score (nSPS) is 16.0. The fraction of sp³-hybridized carbons (Fsp3) is 0.304. The summed E-state index contributed by atoms with van der Waals surface area (Å²) in [6.07, 6.45) is 0.602. The van der Waals surface area contributed by atoms with E-state index in [1.54, 1.807) is 44.2 Å². The maximum absolute atomic E-state index is 13.2. The predicted octanol–water partition coefficient (Wildman–Crippen LogP) is 3.36. The molecule has 7 nitrogen and oxygen atoms in total. The van der Waals surface area contributed by atoms with E-state index in [0.29, 0.717) is 5.69 Å². The molecule has 31 heavy (non-hydrogen) atoms. The molecule has 2 aromatic rings. The van der Waals surface area contributed by atoms with E-state index in [4.69, 9.17) is 11.6 Å². The van der Waals surface area contributed by atoms with Gasteiger partial charge in [-0.1, -0.05) is 56.6 Å². The average Bonchev–Trinajstić information content (AvgIpc) is 3.05. The Kier molecular flexibility index (Phi) is 6.75. The van der Waals surface area contributed by atoms with Crippen molar-refractivity contribution in [1.29, 1.82) is 0 Å². The van der Waals surface area contributed by atoms with Gasteiger partial charge in [0.05, 0.1) is 22.7 Å². The van der Waals surface area contributed by atoms with Gasteiger partial charge in [-0.05, 0) is 36.2 Å². The lowest BCUT2D eigenvalue weighted by atomic mass is 10.1. The van der Waals surface area contributed by atoms with Gasteiger partial charge in [-0.15, -0.1) is 0 Å². The third-order valence-corrected chi connectivity index (χ3v) is 5.44. The molecule has 3 rings (SSSR count). The van der Waals surface area contributed by atoms with Crippen LogP contribution in [0, 0.1) is 5.92 Å². The lowest BCUT2D eigenvalue weighted by molar-refractivity contribution is -0.143. The van der Waals surface area contributed by atoms with Crippen LogP contribution in [0.1, 0.15) is 43.1 Å². The zero-order chi connectivity index (χ0) is 22.7. The van der Waals surface area contributed by atoms with Crippen LogP contribution in [-0.4, -0.2) is 34.7 Å². The summed E-state index contributed by atoms with van der Waals surface area (Å²) in [4.78, 5) is 52.5. The van der Waals surface area contributed by atoms with Gasteiger partial charge in [-0.3, -0.25) is 24.6 Å². The molecule has 0 spiro atoms. The number of aryl methyl sites for hydroxylation is 1. The Bertz CT molecular complexity index is 1020. The second kappa shape index (κ2) is 9.31. The van der Waals surface area contributed by atoms with Crippen molar-refractivity contribution in [1.82, 2.24) is 10.4 Å². The van der Waals surface area contributed by atoms with E-state index in [9.17, 15) is 19.2 Å². The number of rotatable bonds is 5. The first-order valence-corrected chi connectivity index (χ1v) is 10.5. The lowest BCUT2D eigenvalue weighted by Crippen LogP contribution is -2.56. The van der Waals surface area contributed by atoms with Crippen molar-refractivity contribution in [2.24, 2.45) is 5.92 Å². The third kappa shape index (κ3) is 4.61. The van der Waals surface area contributed by atoms with Crippen molar-refractivity contribution in [3.8, 4) is 0 Å². The minimum atomic E-state index is -1.14. The molecular formula is C23H24ClN3O4. The molecule has 1 heterocycles. The number of nitrogens with one attached hydrogen (secondary N) is 1. The first-order chi connectivity index (χ1) is 14.7. The van der Waals surface area contributed by atoms with Crippen LogP contribution >= 0.6 is 11.6 Å². The van der Waals surface area contributed by atoms with Crippen molar-refractivity contribution in [2.45, 2.75) is 39.7 Å². The van der Waals surface area contributed by atoms with E-state index in [2.05, 4.69) is 5.43 Å². The Morgan fingerprint density at radius 1 is 1.13 bits per heavy atom. The van der Waals surface area contributed by atoms with Crippen molar-refractivity contribution in [2.75, 3.05) is 4.90 Å². The number of hydrogen-bond donors (Lipinski definition) is 1. The highest BCUT2D eigenvalue weighted by molar-refractivity contribution is 6.33. The van der Waals surface area contributed by atoms with E-state index in [1.807, 2.05) is 19.1 Å². The number of carbonyl (C=O) groups excluding carboxylic acids is 4. The highest BCUT2D eigenvalue weighted by Crippen LogP contribution is 2.27. The molecule has 1 saturated heterocycles. The van der Waals surface area contributed by atoms with E-state index < -0.39 is 35.6 Å². The highest BCUT2D eigenvalue weighted by Gasteiger charge is 2.45. The molecule has 0 saturated carbocycles. The fourth-order valence-electron chi connectivity index (χ4n) is 3.35. The summed E-state index contributed by atoms with van der Waals surface area (Å²) >= 11 is 6.09. The van der Waals surface area contributed by atoms with Crippen LogP contribution in [0.2, 0.25) is 5.02 Å². The second-order valence-corrected chi connectivity index (χ2v) is 8.00. The van der Waals surface area contributed by atoms with Gasteiger partial charge in [0.15, 0.2) is 0 Å². The molecule has 1 aliphatic heterocycles. The summed E-state index contributed by atoms with van der Waals surface area (Å²) in [5, 5.41) is 1.18. The Morgan fingerprint density at radius 3 is 2.35 bits per heavy atom. The molecule has 0 radical (unpaired) electrons. The number of amides is 4. The minimum Gasteiger partial charge on any atom is -0.274 e. The highest BCUT2D eigenvalue weighted by atomic mass is 35.5. The summed E-state index contributed by atoms with van der Waals surface area (Å²) < 4.78 is 0. The molecule has 0 aromatic heterocycles. The second-order valence-electron chi connectivity index (χ2n) is 7.59. The first kappa shape index (κ1) is 22.5. The molecule has 162 valence electrons. The van der Waals surface area contributed by atoms with Crippen LogP contribution in [0.5, 0.6) is 0 Å². The Balaban J connectivity index is 1.89. The molecule has 1 atom stereocenters. The van der Waals surface area contributed by atoms with Crippen LogP contribution < -0.4 is 10.3 Å². The number of anilines is 1. The molecule has 0 bridgehead atoms. The zero-order valence-corrected chi connectivity index (χ0v) is 18.3. The number of benzene rings is 2. The topological polar surface area (TPSA) is 86.8 Å². The van der Waals surface area contributed by atoms with Gasteiger partial charge in [0.2, 0.25) is 11.8 Å². The number of imide groups is 1. The van der Waals surface area contributed by atoms with Crippen molar-refractivity contribution < 1.29 is 19.2 Å². The SMILES string of the molecule is CCc1ccc(N2C(=O)CC(N(NC(=O)c3ccccc3Cl)C(=O)C(C)C)C2=O)cc1. The predicted molar refractivity (Wildman–Crippen MR) is 117 cm³/mol. The standard InChI is InChI=1S/C23H24ClN3O4/c1-4-15-9-11-16(12-10-15)26-20(28)13-19(23(26)31)27(22(30)14(2)3)25-21(29)17-7-5-6-8-18(17)24/h5-12,14,19H,4,13H2,1-3H3,(H,25,29). The summed E-state index contributed by atoms with van der Waals surface area (Å²) in [6.45, 7) is 5.31. The summed E-state index contributed by atoms with van der Waals surface area (Å²) in [5.41, 5.74) is 4.17. The van der Waals surface area contributed by atoms with Crippen LogP contribution in [0.4, 0.5) is 5.69 Å². The summed E-state index contributed by atoms with van der Waals surface area (Å²) in [5.74, 6) is -2.62. The monoisotopic (exact) mass is 441 g/mol. The lowest BCUT2D eigenvalue weighted by Gasteiger charge is -2.29. The van der Waals surface area contributed by atoms with Gasteiger partial charge < -0.3 is 0 Å². The number of carbonyl (C=O) groups is 4. The van der Waals surface area contributed by atoms with Crippen molar-refractivity contribution in [3.63, 3.8) is 0 Å². The molecule has 8 heteroatoms. The van der Waals surface area contributed by atoms with Crippen LogP contribution in [0.15, 0.2) is 48.5 Å². The van der Waals surface area contributed by atoms with Gasteiger partial charge in [0.1, 0.15) is 6.04 Å². The third-order valence-electron chi connectivity index (χ3n) is 5.11. The molecular weight excluding hydrogens is 418 g/mol. The van der Waals surface area contributed by atoms with Gasteiger partial charge in [-0.25, -0.2) is 9.91 Å². The maximum atomic E-state index is 13.2. The Hall–Kier alpha value is -3.19. The van der Waals surface area contributed by atoms with Crippen LogP contribution in [0.3, 0.4) is 0 Å². The summed E-state index contributed by atoms with van der Waals surface area (Å²) in [7, 11) is 0. The molecule has 1 aliphatic rings. The van der Waals surface area contributed by atoms with Crippen LogP contribution in [-0.2, 0) is 20.8 Å². The molecule has 1 fully saturated rings. The summed E-state index contributed by atoms with van der Waals surface area (Å²) in [6, 6.07) is 12.3. The molecule has 4 amide bonds. The average molecular weight is 442 g/mol. The minimum absolute atomic E-state index is 0.162. The van der Waals surface area contributed by atoms with Gasteiger partial charge >= 0.3 is 0 Å². The number of hydrogen-bond acceptors (Lipinski definition) is 4. The van der Waals surface area contributed by atoms with Gasteiger partial charge in [0, 0.05) is 5.92 Å². The van der Waals surface area contributed by atoms with E-state index in [-0.39, 0.29) is 17.0 Å². The van der Waals surface area contributed by atoms with Gasteiger partial charge in [-0.2, -0.15) is 0 Å². The Labute approximate surface area is 185 Å². The number of nitrogens with zero attached hydrogens (tertiary/aromatic N) is 2. The van der Waals surface area contributed by atoms with E-state index >= 15 is 0 Å². The van der Waals surface area contributed by atoms with Crippen LogP contribution in [0.25, 0.3) is 0 Å². The molecule has 1 unspecified atom stereocenters. The molecule has 0 aliphatic carbocycles. The van der Waals surface area contributed by atoms with Crippen molar-refractivity contribution in [3.05, 3.63) is 64.7 Å². The number of halogens is 1. The fourth-order valence-corrected chi connectivity index (χ4v) is 3.57. The molecule has 1 N–H and O–H groups in total. The largest absolute Gasteiger partial charge is 0.274 e.